The Morgan fingerprint density at radius 1 is 1.31 bits per heavy atom. The van der Waals surface area contributed by atoms with E-state index in [-0.39, 0.29) is 5.97 Å². The highest BCUT2D eigenvalue weighted by Gasteiger charge is 2.13. The van der Waals surface area contributed by atoms with Crippen molar-refractivity contribution in [1.82, 2.24) is 0 Å². The van der Waals surface area contributed by atoms with Crippen LogP contribution in [0.5, 0.6) is 5.06 Å². The van der Waals surface area contributed by atoms with Crippen LogP contribution in [0.2, 0.25) is 5.02 Å². The number of hydrogen-bond donors (Lipinski definition) is 0. The Hall–Kier alpha value is -1.32. The zero-order valence-corrected chi connectivity index (χ0v) is 10.1. The van der Waals surface area contributed by atoms with Gasteiger partial charge in [0.25, 0.3) is 0 Å². The first-order valence-corrected chi connectivity index (χ1v) is 5.95. The summed E-state index contributed by atoms with van der Waals surface area (Å²) in [7, 11) is 0. The summed E-state index contributed by atoms with van der Waals surface area (Å²) in [6, 6.07) is 8.99. The van der Waals surface area contributed by atoms with E-state index in [1.165, 1.54) is 11.3 Å². The minimum atomic E-state index is -0.373. The lowest BCUT2D eigenvalue weighted by Crippen LogP contribution is -2.09. The number of aryl methyl sites for hydroxylation is 1. The highest BCUT2D eigenvalue weighted by molar-refractivity contribution is 7.12. The maximum atomic E-state index is 11.8. The van der Waals surface area contributed by atoms with Gasteiger partial charge in [-0.25, -0.2) is 4.79 Å². The number of hydrogen-bond acceptors (Lipinski definition) is 3. The molecule has 0 aliphatic rings. The van der Waals surface area contributed by atoms with Crippen LogP contribution in [0, 0.1) is 6.92 Å². The summed E-state index contributed by atoms with van der Waals surface area (Å²) >= 11 is 7.15. The zero-order chi connectivity index (χ0) is 11.5. The average Bonchev–Trinajstić information content (AvgIpc) is 2.65. The molecule has 0 aliphatic heterocycles. The number of ether oxygens (including phenoxy) is 1. The van der Waals surface area contributed by atoms with Gasteiger partial charge in [-0.3, -0.25) is 0 Å². The standard InChI is InChI=1S/C12H9ClO2S/c1-8-4-2-3-5-9(8)11(14)15-12-10(13)6-7-16-12/h2-7H,1H3. The normalized spacial score (nSPS) is 10.1. The summed E-state index contributed by atoms with van der Waals surface area (Å²) in [6.45, 7) is 1.87. The summed E-state index contributed by atoms with van der Waals surface area (Å²) in [5, 5.41) is 2.69. The topological polar surface area (TPSA) is 26.3 Å². The number of benzene rings is 1. The molecule has 2 aromatic rings. The van der Waals surface area contributed by atoms with Crippen molar-refractivity contribution in [1.29, 1.82) is 0 Å². The van der Waals surface area contributed by atoms with E-state index in [0.717, 1.165) is 5.56 Å². The summed E-state index contributed by atoms with van der Waals surface area (Å²) in [6.07, 6.45) is 0. The lowest BCUT2D eigenvalue weighted by Gasteiger charge is -2.04. The van der Waals surface area contributed by atoms with E-state index < -0.39 is 0 Å². The predicted octanol–water partition coefficient (Wildman–Crippen LogP) is 3.93. The molecule has 2 rings (SSSR count). The van der Waals surface area contributed by atoms with Gasteiger partial charge < -0.3 is 4.74 Å². The number of thiophene rings is 1. The second-order valence-electron chi connectivity index (χ2n) is 3.26. The third-order valence-corrected chi connectivity index (χ3v) is 3.33. The van der Waals surface area contributed by atoms with Crippen LogP contribution >= 0.6 is 22.9 Å². The summed E-state index contributed by atoms with van der Waals surface area (Å²) in [4.78, 5) is 11.8. The van der Waals surface area contributed by atoms with E-state index in [1.54, 1.807) is 23.6 Å². The molecule has 0 aliphatic carbocycles. The Labute approximate surface area is 102 Å². The average molecular weight is 253 g/mol. The first-order chi connectivity index (χ1) is 7.68. The lowest BCUT2D eigenvalue weighted by atomic mass is 10.1. The Balaban J connectivity index is 2.22. The minimum Gasteiger partial charge on any atom is -0.410 e. The van der Waals surface area contributed by atoms with Crippen molar-refractivity contribution in [2.45, 2.75) is 6.92 Å². The monoisotopic (exact) mass is 252 g/mol. The Kier molecular flexibility index (Phi) is 3.27. The molecule has 0 N–H and O–H groups in total. The smallest absolute Gasteiger partial charge is 0.344 e. The van der Waals surface area contributed by atoms with E-state index in [1.807, 2.05) is 19.1 Å². The van der Waals surface area contributed by atoms with Gasteiger partial charge >= 0.3 is 5.97 Å². The van der Waals surface area contributed by atoms with Gasteiger partial charge in [0.2, 0.25) is 5.06 Å². The number of carbonyl (C=O) groups is 1. The summed E-state index contributed by atoms with van der Waals surface area (Å²) < 4.78 is 5.20. The number of halogens is 1. The van der Waals surface area contributed by atoms with E-state index >= 15 is 0 Å². The van der Waals surface area contributed by atoms with Crippen LogP contribution in [0.3, 0.4) is 0 Å². The molecule has 0 fully saturated rings. The van der Waals surface area contributed by atoms with E-state index in [2.05, 4.69) is 0 Å². The number of rotatable bonds is 2. The first kappa shape index (κ1) is 11.2. The van der Waals surface area contributed by atoms with Gasteiger partial charge in [0.05, 0.1) is 10.6 Å². The summed E-state index contributed by atoms with van der Waals surface area (Å²) in [5.41, 5.74) is 1.45. The third kappa shape index (κ3) is 2.26. The van der Waals surface area contributed by atoms with Crippen LogP contribution in [-0.4, -0.2) is 5.97 Å². The maximum Gasteiger partial charge on any atom is 0.344 e. The van der Waals surface area contributed by atoms with E-state index in [4.69, 9.17) is 16.3 Å². The quantitative estimate of drug-likeness (QED) is 0.757. The minimum absolute atomic E-state index is 0.373. The van der Waals surface area contributed by atoms with E-state index in [9.17, 15) is 4.79 Å². The molecule has 1 aromatic carbocycles. The van der Waals surface area contributed by atoms with Crippen molar-refractivity contribution in [3.8, 4) is 5.06 Å². The fourth-order valence-corrected chi connectivity index (χ4v) is 2.24. The van der Waals surface area contributed by atoms with Crippen LogP contribution in [0.15, 0.2) is 35.7 Å². The van der Waals surface area contributed by atoms with Crippen molar-refractivity contribution in [2.24, 2.45) is 0 Å². The number of esters is 1. The molecule has 82 valence electrons. The van der Waals surface area contributed by atoms with Gasteiger partial charge in [-0.2, -0.15) is 0 Å². The molecular weight excluding hydrogens is 244 g/mol. The van der Waals surface area contributed by atoms with Crippen molar-refractivity contribution in [2.75, 3.05) is 0 Å². The molecule has 16 heavy (non-hydrogen) atoms. The molecule has 0 bridgehead atoms. The highest BCUT2D eigenvalue weighted by atomic mass is 35.5. The Bertz CT molecular complexity index is 519. The van der Waals surface area contributed by atoms with Gasteiger partial charge in [0.1, 0.15) is 0 Å². The molecule has 1 heterocycles. The van der Waals surface area contributed by atoms with Crippen LogP contribution in [-0.2, 0) is 0 Å². The van der Waals surface area contributed by atoms with Crippen LogP contribution in [0.25, 0.3) is 0 Å². The molecule has 2 nitrogen and oxygen atoms in total. The second-order valence-corrected chi connectivity index (χ2v) is 4.55. The molecule has 0 saturated heterocycles. The molecule has 0 unspecified atom stereocenters. The Morgan fingerprint density at radius 3 is 2.69 bits per heavy atom. The molecule has 0 saturated carbocycles. The molecule has 0 radical (unpaired) electrons. The van der Waals surface area contributed by atoms with Crippen LogP contribution < -0.4 is 4.74 Å². The molecule has 0 amide bonds. The Morgan fingerprint density at radius 2 is 2.06 bits per heavy atom. The van der Waals surface area contributed by atoms with Gasteiger partial charge in [0, 0.05) is 0 Å². The van der Waals surface area contributed by atoms with Gasteiger partial charge in [-0.1, -0.05) is 29.8 Å². The predicted molar refractivity (Wildman–Crippen MR) is 65.5 cm³/mol. The van der Waals surface area contributed by atoms with Crippen molar-refractivity contribution in [3.63, 3.8) is 0 Å². The van der Waals surface area contributed by atoms with Crippen molar-refractivity contribution >= 4 is 28.9 Å². The largest absolute Gasteiger partial charge is 0.410 e. The zero-order valence-electron chi connectivity index (χ0n) is 8.57. The summed E-state index contributed by atoms with van der Waals surface area (Å²) in [5.74, 6) is -0.373. The van der Waals surface area contributed by atoms with Gasteiger partial charge in [0.15, 0.2) is 0 Å². The van der Waals surface area contributed by atoms with Crippen LogP contribution in [0.4, 0.5) is 0 Å². The second kappa shape index (κ2) is 4.68. The fraction of sp³-hybridized carbons (Fsp3) is 0.0833. The van der Waals surface area contributed by atoms with Crippen LogP contribution in [0.1, 0.15) is 15.9 Å². The van der Waals surface area contributed by atoms with Gasteiger partial charge in [-0.15, -0.1) is 11.3 Å². The molecular formula is C12H9ClO2S. The molecule has 0 spiro atoms. The van der Waals surface area contributed by atoms with Crippen molar-refractivity contribution in [3.05, 3.63) is 51.9 Å². The SMILES string of the molecule is Cc1ccccc1C(=O)Oc1sccc1Cl. The fourth-order valence-electron chi connectivity index (χ4n) is 1.29. The van der Waals surface area contributed by atoms with Crippen molar-refractivity contribution < 1.29 is 9.53 Å². The van der Waals surface area contributed by atoms with E-state index in [0.29, 0.717) is 15.6 Å². The van der Waals surface area contributed by atoms with Gasteiger partial charge in [-0.05, 0) is 30.0 Å². The molecule has 0 atom stereocenters. The lowest BCUT2D eigenvalue weighted by molar-refractivity contribution is 0.0740. The molecule has 4 heteroatoms. The third-order valence-electron chi connectivity index (χ3n) is 2.13. The number of carbonyl (C=O) groups excluding carboxylic acids is 1. The first-order valence-electron chi connectivity index (χ1n) is 4.69. The maximum absolute atomic E-state index is 11.8. The molecule has 1 aromatic heterocycles. The highest BCUT2D eigenvalue weighted by Crippen LogP contribution is 2.31.